The Hall–Kier alpha value is -1.51. The summed E-state index contributed by atoms with van der Waals surface area (Å²) in [5.41, 5.74) is 3.00. The van der Waals surface area contributed by atoms with Crippen LogP contribution in [0.5, 0.6) is 0 Å². The number of aryl methyl sites for hydroxylation is 1. The van der Waals surface area contributed by atoms with Crippen molar-refractivity contribution in [3.05, 3.63) is 29.3 Å². The average molecular weight is 246 g/mol. The first-order valence-corrected chi connectivity index (χ1v) is 6.77. The quantitative estimate of drug-likeness (QED) is 0.857. The van der Waals surface area contributed by atoms with Crippen molar-refractivity contribution in [2.75, 3.05) is 18.9 Å². The third-order valence-electron chi connectivity index (χ3n) is 3.77. The summed E-state index contributed by atoms with van der Waals surface area (Å²) in [4.78, 5) is 11.5. The van der Waals surface area contributed by atoms with Gasteiger partial charge < -0.3 is 10.6 Å². The number of amides is 1. The van der Waals surface area contributed by atoms with Gasteiger partial charge in [-0.25, -0.2) is 0 Å². The highest BCUT2D eigenvalue weighted by atomic mass is 16.1. The summed E-state index contributed by atoms with van der Waals surface area (Å²) >= 11 is 0. The fourth-order valence-electron chi connectivity index (χ4n) is 2.62. The number of hydrogen-bond acceptors (Lipinski definition) is 2. The summed E-state index contributed by atoms with van der Waals surface area (Å²) in [6.07, 6.45) is 5.45. The van der Waals surface area contributed by atoms with Crippen molar-refractivity contribution in [1.29, 1.82) is 0 Å². The maximum atomic E-state index is 11.5. The van der Waals surface area contributed by atoms with Crippen LogP contribution >= 0.6 is 0 Å². The summed E-state index contributed by atoms with van der Waals surface area (Å²) in [6.45, 7) is 3.10. The molecular weight excluding hydrogens is 224 g/mol. The van der Waals surface area contributed by atoms with Crippen molar-refractivity contribution in [3.63, 3.8) is 0 Å². The zero-order valence-electron chi connectivity index (χ0n) is 11.3. The number of carbonyl (C=O) groups is 1. The van der Waals surface area contributed by atoms with Crippen LogP contribution in [0.25, 0.3) is 0 Å². The number of benzene rings is 1. The monoisotopic (exact) mass is 246 g/mol. The summed E-state index contributed by atoms with van der Waals surface area (Å²) in [5.74, 6) is 0.795. The van der Waals surface area contributed by atoms with E-state index in [1.165, 1.54) is 25.7 Å². The molecule has 0 spiro atoms. The minimum atomic E-state index is -0.0274. The molecule has 0 unspecified atom stereocenters. The molecule has 3 heteroatoms. The molecule has 18 heavy (non-hydrogen) atoms. The van der Waals surface area contributed by atoms with Gasteiger partial charge in [-0.1, -0.05) is 12.8 Å². The Morgan fingerprint density at radius 1 is 1.33 bits per heavy atom. The van der Waals surface area contributed by atoms with Crippen molar-refractivity contribution in [2.45, 2.75) is 32.6 Å². The average Bonchev–Trinajstić information content (AvgIpc) is 2.89. The molecule has 2 rings (SSSR count). The molecule has 0 aromatic heterocycles. The second-order valence-electron chi connectivity index (χ2n) is 5.14. The summed E-state index contributed by atoms with van der Waals surface area (Å²) in [7, 11) is 1.66. The molecule has 1 aromatic carbocycles. The van der Waals surface area contributed by atoms with Gasteiger partial charge in [-0.2, -0.15) is 0 Å². The van der Waals surface area contributed by atoms with E-state index in [4.69, 9.17) is 0 Å². The first kappa shape index (κ1) is 12.9. The van der Waals surface area contributed by atoms with Crippen molar-refractivity contribution < 1.29 is 4.79 Å². The Labute approximate surface area is 109 Å². The van der Waals surface area contributed by atoms with E-state index in [0.29, 0.717) is 0 Å². The standard InChI is InChI=1S/C15H22N2O/c1-11-9-13(15(18)16-2)7-8-14(11)17-10-12-5-3-4-6-12/h7-9,12,17H,3-6,10H2,1-2H3,(H,16,18). The van der Waals surface area contributed by atoms with Crippen LogP contribution < -0.4 is 10.6 Å². The normalized spacial score (nSPS) is 15.7. The molecule has 0 heterocycles. The molecule has 0 aliphatic heterocycles. The number of nitrogens with one attached hydrogen (secondary N) is 2. The first-order chi connectivity index (χ1) is 8.70. The van der Waals surface area contributed by atoms with Gasteiger partial charge >= 0.3 is 0 Å². The van der Waals surface area contributed by atoms with Crippen molar-refractivity contribution >= 4 is 11.6 Å². The van der Waals surface area contributed by atoms with Crippen LogP contribution in [-0.4, -0.2) is 19.5 Å². The van der Waals surface area contributed by atoms with Crippen LogP contribution in [0.2, 0.25) is 0 Å². The van der Waals surface area contributed by atoms with Gasteiger partial charge in [-0.15, -0.1) is 0 Å². The Kier molecular flexibility index (Phi) is 4.24. The third-order valence-corrected chi connectivity index (χ3v) is 3.77. The fraction of sp³-hybridized carbons (Fsp3) is 0.533. The zero-order valence-corrected chi connectivity index (χ0v) is 11.3. The lowest BCUT2D eigenvalue weighted by Crippen LogP contribution is -2.18. The van der Waals surface area contributed by atoms with Gasteiger partial charge in [0, 0.05) is 24.8 Å². The number of carbonyl (C=O) groups excluding carboxylic acids is 1. The molecule has 1 saturated carbocycles. The topological polar surface area (TPSA) is 41.1 Å². The van der Waals surface area contributed by atoms with Crippen molar-refractivity contribution in [3.8, 4) is 0 Å². The molecule has 1 aliphatic rings. The molecule has 1 amide bonds. The highest BCUT2D eigenvalue weighted by molar-refractivity contribution is 5.94. The highest BCUT2D eigenvalue weighted by Gasteiger charge is 2.14. The predicted molar refractivity (Wildman–Crippen MR) is 75.0 cm³/mol. The van der Waals surface area contributed by atoms with Crippen LogP contribution in [0, 0.1) is 12.8 Å². The number of hydrogen-bond donors (Lipinski definition) is 2. The molecule has 1 fully saturated rings. The van der Waals surface area contributed by atoms with Crippen LogP contribution in [0.1, 0.15) is 41.6 Å². The van der Waals surface area contributed by atoms with E-state index in [0.717, 1.165) is 29.3 Å². The maximum Gasteiger partial charge on any atom is 0.251 e. The van der Waals surface area contributed by atoms with E-state index < -0.39 is 0 Å². The Balaban J connectivity index is 1.98. The van der Waals surface area contributed by atoms with Gasteiger partial charge in [0.05, 0.1) is 0 Å². The summed E-state index contributed by atoms with van der Waals surface area (Å²) in [5, 5.41) is 6.15. The second kappa shape index (κ2) is 5.89. The van der Waals surface area contributed by atoms with E-state index in [1.807, 2.05) is 25.1 Å². The lowest BCUT2D eigenvalue weighted by atomic mass is 10.1. The van der Waals surface area contributed by atoms with Crippen LogP contribution in [0.3, 0.4) is 0 Å². The first-order valence-electron chi connectivity index (χ1n) is 6.77. The molecule has 0 bridgehead atoms. The molecule has 98 valence electrons. The Morgan fingerprint density at radius 2 is 2.06 bits per heavy atom. The van der Waals surface area contributed by atoms with Gasteiger partial charge in [-0.3, -0.25) is 4.79 Å². The smallest absolute Gasteiger partial charge is 0.251 e. The van der Waals surface area contributed by atoms with Crippen molar-refractivity contribution in [2.24, 2.45) is 5.92 Å². The summed E-state index contributed by atoms with van der Waals surface area (Å²) in [6, 6.07) is 5.83. The molecule has 1 aromatic rings. The van der Waals surface area contributed by atoms with Gasteiger partial charge in [0.25, 0.3) is 5.91 Å². The van der Waals surface area contributed by atoms with Gasteiger partial charge in [0.2, 0.25) is 0 Å². The van der Waals surface area contributed by atoms with Gasteiger partial charge in [0.15, 0.2) is 0 Å². The number of rotatable bonds is 4. The maximum absolute atomic E-state index is 11.5. The molecular formula is C15H22N2O. The van der Waals surface area contributed by atoms with Gasteiger partial charge in [-0.05, 0) is 49.4 Å². The molecule has 0 radical (unpaired) electrons. The highest BCUT2D eigenvalue weighted by Crippen LogP contribution is 2.25. The van der Waals surface area contributed by atoms with E-state index in [-0.39, 0.29) is 5.91 Å². The van der Waals surface area contributed by atoms with E-state index in [2.05, 4.69) is 10.6 Å². The lowest BCUT2D eigenvalue weighted by Gasteiger charge is -2.14. The fourth-order valence-corrected chi connectivity index (χ4v) is 2.62. The largest absolute Gasteiger partial charge is 0.385 e. The van der Waals surface area contributed by atoms with Gasteiger partial charge in [0.1, 0.15) is 0 Å². The zero-order chi connectivity index (χ0) is 13.0. The van der Waals surface area contributed by atoms with E-state index >= 15 is 0 Å². The Bertz CT molecular complexity index is 423. The lowest BCUT2D eigenvalue weighted by molar-refractivity contribution is 0.0963. The molecule has 0 atom stereocenters. The Morgan fingerprint density at radius 3 is 2.67 bits per heavy atom. The number of anilines is 1. The third kappa shape index (κ3) is 3.03. The molecule has 2 N–H and O–H groups in total. The van der Waals surface area contributed by atoms with Crippen LogP contribution in [-0.2, 0) is 0 Å². The molecule has 3 nitrogen and oxygen atoms in total. The minimum absolute atomic E-state index is 0.0274. The summed E-state index contributed by atoms with van der Waals surface area (Å²) < 4.78 is 0. The molecule has 1 aliphatic carbocycles. The minimum Gasteiger partial charge on any atom is -0.385 e. The van der Waals surface area contributed by atoms with Crippen LogP contribution in [0.15, 0.2) is 18.2 Å². The van der Waals surface area contributed by atoms with Crippen molar-refractivity contribution in [1.82, 2.24) is 5.32 Å². The van der Waals surface area contributed by atoms with E-state index in [1.54, 1.807) is 7.05 Å². The van der Waals surface area contributed by atoms with Crippen LogP contribution in [0.4, 0.5) is 5.69 Å². The molecule has 0 saturated heterocycles. The SMILES string of the molecule is CNC(=O)c1ccc(NCC2CCCC2)c(C)c1. The van der Waals surface area contributed by atoms with E-state index in [9.17, 15) is 4.79 Å². The second-order valence-corrected chi connectivity index (χ2v) is 5.14. The predicted octanol–water partition coefficient (Wildman–Crippen LogP) is 2.96.